The van der Waals surface area contributed by atoms with Gasteiger partial charge in [-0.3, -0.25) is 4.79 Å². The van der Waals surface area contributed by atoms with E-state index < -0.39 is 5.97 Å². The third kappa shape index (κ3) is 5.08. The van der Waals surface area contributed by atoms with Crippen LogP contribution in [-0.4, -0.2) is 36.3 Å². The lowest BCUT2D eigenvalue weighted by Gasteiger charge is -2.23. The number of rotatable bonds is 6. The fourth-order valence-electron chi connectivity index (χ4n) is 3.05. The average Bonchev–Trinajstić information content (AvgIpc) is 2.67. The van der Waals surface area contributed by atoms with Gasteiger partial charge in [-0.2, -0.15) is 0 Å². The molecule has 1 aliphatic rings. The van der Waals surface area contributed by atoms with Crippen molar-refractivity contribution < 1.29 is 24.2 Å². The van der Waals surface area contributed by atoms with Crippen LogP contribution in [0.4, 0.5) is 5.69 Å². The van der Waals surface area contributed by atoms with Crippen LogP contribution in [0.1, 0.15) is 45.5 Å². The number of aromatic carboxylic acids is 1. The number of aryl methyl sites for hydroxylation is 1. The molecule has 6 nitrogen and oxygen atoms in total. The highest BCUT2D eigenvalue weighted by molar-refractivity contribution is 6.06. The molecule has 142 valence electrons. The molecule has 2 aromatic rings. The first-order valence-corrected chi connectivity index (χ1v) is 9.02. The van der Waals surface area contributed by atoms with Crippen molar-refractivity contribution in [2.24, 2.45) is 0 Å². The molecule has 2 N–H and O–H groups in total. The van der Waals surface area contributed by atoms with Crippen molar-refractivity contribution in [3.63, 3.8) is 0 Å². The van der Waals surface area contributed by atoms with Gasteiger partial charge >= 0.3 is 5.97 Å². The van der Waals surface area contributed by atoms with Crippen LogP contribution in [0.15, 0.2) is 42.5 Å². The van der Waals surface area contributed by atoms with E-state index in [2.05, 4.69) is 5.32 Å². The molecule has 1 aliphatic heterocycles. The maximum Gasteiger partial charge on any atom is 0.335 e. The van der Waals surface area contributed by atoms with Crippen molar-refractivity contribution in [2.45, 2.75) is 32.3 Å². The maximum atomic E-state index is 12.6. The summed E-state index contributed by atoms with van der Waals surface area (Å²) in [6.07, 6.45) is 3.25. The second-order valence-electron chi connectivity index (χ2n) is 6.64. The molecule has 1 heterocycles. The average molecular weight is 369 g/mol. The Kier molecular flexibility index (Phi) is 6.08. The van der Waals surface area contributed by atoms with Crippen molar-refractivity contribution in [1.29, 1.82) is 0 Å². The summed E-state index contributed by atoms with van der Waals surface area (Å²) in [7, 11) is 0. The van der Waals surface area contributed by atoms with Gasteiger partial charge in [0.1, 0.15) is 12.4 Å². The molecule has 27 heavy (non-hydrogen) atoms. The van der Waals surface area contributed by atoms with Gasteiger partial charge in [0.2, 0.25) is 0 Å². The number of carboxylic acid groups (broad SMARTS) is 1. The lowest BCUT2D eigenvalue weighted by Crippen LogP contribution is -2.26. The third-order valence-electron chi connectivity index (χ3n) is 4.42. The van der Waals surface area contributed by atoms with E-state index in [-0.39, 0.29) is 23.1 Å². The van der Waals surface area contributed by atoms with Crippen LogP contribution in [0.3, 0.4) is 0 Å². The monoisotopic (exact) mass is 369 g/mol. The molecule has 1 fully saturated rings. The summed E-state index contributed by atoms with van der Waals surface area (Å²) in [6.45, 7) is 2.94. The minimum Gasteiger partial charge on any atom is -0.489 e. The van der Waals surface area contributed by atoms with E-state index in [1.54, 1.807) is 31.2 Å². The standard InChI is InChI=1S/C21H23NO5/c1-14-10-15(12-16(11-14)21(24)25)20(23)22-18-7-2-3-8-19(18)27-13-17-6-4-5-9-26-17/h2-3,7-8,10-12,17H,4-6,9,13H2,1H3,(H,22,23)(H,24,25). The number of amides is 1. The van der Waals surface area contributed by atoms with Gasteiger partial charge in [-0.1, -0.05) is 12.1 Å². The maximum absolute atomic E-state index is 12.6. The summed E-state index contributed by atoms with van der Waals surface area (Å²) >= 11 is 0. The van der Waals surface area contributed by atoms with Gasteiger partial charge in [-0.25, -0.2) is 4.79 Å². The predicted octanol–water partition coefficient (Wildman–Crippen LogP) is 3.89. The number of carbonyl (C=O) groups is 2. The minimum absolute atomic E-state index is 0.0670. The second kappa shape index (κ2) is 8.68. The highest BCUT2D eigenvalue weighted by Gasteiger charge is 2.17. The normalized spacial score (nSPS) is 16.6. The van der Waals surface area contributed by atoms with E-state index >= 15 is 0 Å². The van der Waals surface area contributed by atoms with Crippen LogP contribution in [0.5, 0.6) is 5.75 Å². The molecule has 0 aliphatic carbocycles. The van der Waals surface area contributed by atoms with Crippen LogP contribution in [0, 0.1) is 6.92 Å². The van der Waals surface area contributed by atoms with Crippen molar-refractivity contribution >= 4 is 17.6 Å². The zero-order valence-electron chi connectivity index (χ0n) is 15.2. The van der Waals surface area contributed by atoms with Crippen LogP contribution >= 0.6 is 0 Å². The van der Waals surface area contributed by atoms with Crippen molar-refractivity contribution in [1.82, 2.24) is 0 Å². The molecule has 0 radical (unpaired) electrons. The van der Waals surface area contributed by atoms with Gasteiger partial charge in [0.05, 0.1) is 17.4 Å². The van der Waals surface area contributed by atoms with Gasteiger partial charge in [0.15, 0.2) is 0 Å². The molecule has 1 unspecified atom stereocenters. The zero-order valence-corrected chi connectivity index (χ0v) is 15.2. The molecular weight excluding hydrogens is 346 g/mol. The molecule has 3 rings (SSSR count). The Morgan fingerprint density at radius 2 is 1.96 bits per heavy atom. The van der Waals surface area contributed by atoms with Gasteiger partial charge in [-0.15, -0.1) is 0 Å². The van der Waals surface area contributed by atoms with E-state index in [1.165, 1.54) is 12.1 Å². The third-order valence-corrected chi connectivity index (χ3v) is 4.42. The first-order chi connectivity index (χ1) is 13.0. The first kappa shape index (κ1) is 18.9. The highest BCUT2D eigenvalue weighted by atomic mass is 16.5. The van der Waals surface area contributed by atoms with Gasteiger partial charge in [-0.05, 0) is 62.1 Å². The number of ether oxygens (including phenoxy) is 2. The minimum atomic E-state index is -1.07. The van der Waals surface area contributed by atoms with Gasteiger partial charge in [0, 0.05) is 12.2 Å². The van der Waals surface area contributed by atoms with E-state index in [0.717, 1.165) is 25.9 Å². The topological polar surface area (TPSA) is 84.9 Å². The number of para-hydroxylation sites is 2. The van der Waals surface area contributed by atoms with Crippen LogP contribution < -0.4 is 10.1 Å². The molecule has 1 saturated heterocycles. The van der Waals surface area contributed by atoms with E-state index in [9.17, 15) is 14.7 Å². The van der Waals surface area contributed by atoms with Crippen LogP contribution in [0.25, 0.3) is 0 Å². The molecule has 0 aromatic heterocycles. The van der Waals surface area contributed by atoms with Crippen LogP contribution in [0.2, 0.25) is 0 Å². The molecule has 1 amide bonds. The lowest BCUT2D eigenvalue weighted by molar-refractivity contribution is -0.0109. The zero-order chi connectivity index (χ0) is 19.2. The molecule has 0 spiro atoms. The number of hydrogen-bond donors (Lipinski definition) is 2. The van der Waals surface area contributed by atoms with Crippen LogP contribution in [-0.2, 0) is 4.74 Å². The molecule has 1 atom stereocenters. The fraction of sp³-hybridized carbons (Fsp3) is 0.333. The predicted molar refractivity (Wildman–Crippen MR) is 102 cm³/mol. The Labute approximate surface area is 158 Å². The molecule has 6 heteroatoms. The van der Waals surface area contributed by atoms with Gasteiger partial charge in [0.25, 0.3) is 5.91 Å². The molecular formula is C21H23NO5. The van der Waals surface area contributed by atoms with E-state index in [0.29, 0.717) is 23.6 Å². The Hall–Kier alpha value is -2.86. The quantitative estimate of drug-likeness (QED) is 0.807. The first-order valence-electron chi connectivity index (χ1n) is 9.02. The number of carboxylic acids is 1. The summed E-state index contributed by atoms with van der Waals surface area (Å²) in [5.41, 5.74) is 1.62. The van der Waals surface area contributed by atoms with Gasteiger partial charge < -0.3 is 19.9 Å². The Morgan fingerprint density at radius 1 is 1.19 bits per heavy atom. The van der Waals surface area contributed by atoms with Crippen molar-refractivity contribution in [3.05, 3.63) is 59.2 Å². The number of carbonyl (C=O) groups excluding carboxylic acids is 1. The molecule has 0 bridgehead atoms. The summed E-state index contributed by atoms with van der Waals surface area (Å²) in [5, 5.41) is 12.0. The lowest BCUT2D eigenvalue weighted by atomic mass is 10.1. The van der Waals surface area contributed by atoms with E-state index in [1.807, 2.05) is 6.07 Å². The number of nitrogens with one attached hydrogen (secondary N) is 1. The summed E-state index contributed by atoms with van der Waals surface area (Å²) in [6, 6.07) is 11.7. The smallest absolute Gasteiger partial charge is 0.335 e. The number of benzene rings is 2. The summed E-state index contributed by atoms with van der Waals surface area (Å²) < 4.78 is 11.5. The Balaban J connectivity index is 1.71. The SMILES string of the molecule is Cc1cc(C(=O)O)cc(C(=O)Nc2ccccc2OCC2CCCCO2)c1. The van der Waals surface area contributed by atoms with E-state index in [4.69, 9.17) is 9.47 Å². The molecule has 2 aromatic carbocycles. The Bertz CT molecular complexity index is 827. The summed E-state index contributed by atoms with van der Waals surface area (Å²) in [5.74, 6) is -0.888. The number of anilines is 1. The largest absolute Gasteiger partial charge is 0.489 e. The van der Waals surface area contributed by atoms with Crippen molar-refractivity contribution in [2.75, 3.05) is 18.5 Å². The second-order valence-corrected chi connectivity index (χ2v) is 6.64. The summed E-state index contributed by atoms with van der Waals surface area (Å²) in [4.78, 5) is 23.8. The van der Waals surface area contributed by atoms with Crippen molar-refractivity contribution in [3.8, 4) is 5.75 Å². The highest BCUT2D eigenvalue weighted by Crippen LogP contribution is 2.26. The number of hydrogen-bond acceptors (Lipinski definition) is 4. The fourth-order valence-corrected chi connectivity index (χ4v) is 3.05. The Morgan fingerprint density at radius 3 is 2.70 bits per heavy atom. The molecule has 0 saturated carbocycles.